The standard InChI is InChI=1S/C21H24FN7O4/c1-10-12-7-11(3-4-17(12)29(2)28-10)24-19-13(18(23)30)8-14(22)20(27-19)25-15-5-6-33-9-16(15)26-21(31)32/h3-4,7-8,15-16,26H,5-6,9H2,1-2H3,(H2,23,30)(H,31,32)(H2,24,25,27)/t15-,16+/m1/s1. The average molecular weight is 457 g/mol. The van der Waals surface area contributed by atoms with Crippen LogP contribution in [0.3, 0.4) is 0 Å². The number of anilines is 3. The molecular weight excluding hydrogens is 433 g/mol. The van der Waals surface area contributed by atoms with E-state index in [9.17, 15) is 14.0 Å². The van der Waals surface area contributed by atoms with Gasteiger partial charge in [-0.2, -0.15) is 5.10 Å². The number of amides is 2. The molecule has 4 rings (SSSR count). The van der Waals surface area contributed by atoms with Crippen LogP contribution in [0.1, 0.15) is 22.5 Å². The number of nitrogens with two attached hydrogens (primary N) is 1. The predicted molar refractivity (Wildman–Crippen MR) is 119 cm³/mol. The Bertz CT molecular complexity index is 1230. The second-order valence-corrected chi connectivity index (χ2v) is 7.82. The molecule has 1 saturated heterocycles. The van der Waals surface area contributed by atoms with Gasteiger partial charge in [0.15, 0.2) is 11.6 Å². The Kier molecular flexibility index (Phi) is 6.01. The van der Waals surface area contributed by atoms with Gasteiger partial charge in [0.05, 0.1) is 35.5 Å². The molecule has 33 heavy (non-hydrogen) atoms. The van der Waals surface area contributed by atoms with E-state index in [0.29, 0.717) is 18.7 Å². The summed E-state index contributed by atoms with van der Waals surface area (Å²) in [5.74, 6) is -1.69. The number of hydrogen-bond acceptors (Lipinski definition) is 7. The lowest BCUT2D eigenvalue weighted by Crippen LogP contribution is -2.52. The van der Waals surface area contributed by atoms with Gasteiger partial charge in [-0.15, -0.1) is 0 Å². The Morgan fingerprint density at radius 1 is 1.27 bits per heavy atom. The average Bonchev–Trinajstić information content (AvgIpc) is 3.04. The van der Waals surface area contributed by atoms with Crippen molar-refractivity contribution >= 4 is 40.2 Å². The zero-order valence-corrected chi connectivity index (χ0v) is 18.1. The number of carbonyl (C=O) groups is 2. The molecule has 0 radical (unpaired) electrons. The third-order valence-electron chi connectivity index (χ3n) is 5.53. The number of carboxylic acid groups (broad SMARTS) is 1. The summed E-state index contributed by atoms with van der Waals surface area (Å²) in [6.07, 6.45) is -0.776. The van der Waals surface area contributed by atoms with E-state index in [1.165, 1.54) is 0 Å². The number of ether oxygens (including phenoxy) is 1. The topological polar surface area (TPSA) is 156 Å². The summed E-state index contributed by atoms with van der Waals surface area (Å²) >= 11 is 0. The number of primary amides is 1. The number of aromatic nitrogens is 3. The van der Waals surface area contributed by atoms with Crippen molar-refractivity contribution in [1.29, 1.82) is 0 Å². The second-order valence-electron chi connectivity index (χ2n) is 7.82. The Morgan fingerprint density at radius 3 is 2.79 bits per heavy atom. The van der Waals surface area contributed by atoms with Crippen molar-refractivity contribution in [2.45, 2.75) is 25.4 Å². The summed E-state index contributed by atoms with van der Waals surface area (Å²) in [7, 11) is 1.84. The third-order valence-corrected chi connectivity index (χ3v) is 5.53. The van der Waals surface area contributed by atoms with Crippen molar-refractivity contribution in [2.24, 2.45) is 12.8 Å². The normalized spacial score (nSPS) is 18.2. The van der Waals surface area contributed by atoms with Gasteiger partial charge in [0, 0.05) is 24.7 Å². The summed E-state index contributed by atoms with van der Waals surface area (Å²) in [5, 5.41) is 22.7. The first kappa shape index (κ1) is 22.3. The number of benzene rings is 1. The minimum Gasteiger partial charge on any atom is -0.465 e. The number of pyridine rings is 1. The largest absolute Gasteiger partial charge is 0.465 e. The molecule has 2 atom stereocenters. The molecule has 0 saturated carbocycles. The Labute approximate surface area is 188 Å². The van der Waals surface area contributed by atoms with Crippen LogP contribution in [0, 0.1) is 12.7 Å². The number of nitrogens with zero attached hydrogens (tertiary/aromatic N) is 3. The molecule has 3 heterocycles. The lowest BCUT2D eigenvalue weighted by molar-refractivity contribution is 0.0625. The summed E-state index contributed by atoms with van der Waals surface area (Å²) in [6.45, 7) is 2.40. The number of fused-ring (bicyclic) bond motifs is 1. The van der Waals surface area contributed by atoms with Crippen LogP contribution in [0.2, 0.25) is 0 Å². The zero-order chi connectivity index (χ0) is 23.7. The summed E-state index contributed by atoms with van der Waals surface area (Å²) in [6, 6.07) is 5.46. The Hall–Kier alpha value is -3.93. The van der Waals surface area contributed by atoms with E-state index >= 15 is 0 Å². The lowest BCUT2D eigenvalue weighted by Gasteiger charge is -2.32. The van der Waals surface area contributed by atoms with Crippen LogP contribution in [0.25, 0.3) is 10.9 Å². The van der Waals surface area contributed by atoms with Crippen LogP contribution in [-0.4, -0.2) is 57.2 Å². The smallest absolute Gasteiger partial charge is 0.405 e. The van der Waals surface area contributed by atoms with Gasteiger partial charge in [-0.05, 0) is 37.6 Å². The van der Waals surface area contributed by atoms with Gasteiger partial charge in [-0.3, -0.25) is 9.48 Å². The fraction of sp³-hybridized carbons (Fsp3) is 0.333. The maximum Gasteiger partial charge on any atom is 0.405 e. The number of nitrogens with one attached hydrogen (secondary N) is 3. The minimum atomic E-state index is -1.21. The van der Waals surface area contributed by atoms with Crippen molar-refractivity contribution in [1.82, 2.24) is 20.1 Å². The SMILES string of the molecule is Cc1nn(C)c2ccc(Nc3nc(N[C@@H]4CCOC[C@@H]4NC(=O)O)c(F)cc3C(N)=O)cc12. The molecule has 1 fully saturated rings. The molecule has 2 aromatic heterocycles. The fourth-order valence-corrected chi connectivity index (χ4v) is 3.92. The highest BCUT2D eigenvalue weighted by Crippen LogP contribution is 2.28. The zero-order valence-electron chi connectivity index (χ0n) is 18.1. The lowest BCUT2D eigenvalue weighted by atomic mass is 10.0. The highest BCUT2D eigenvalue weighted by Gasteiger charge is 2.29. The summed E-state index contributed by atoms with van der Waals surface area (Å²) in [5.41, 5.74) is 7.71. The molecule has 12 heteroatoms. The van der Waals surface area contributed by atoms with E-state index in [-0.39, 0.29) is 23.8 Å². The molecule has 3 aromatic rings. The molecule has 11 nitrogen and oxygen atoms in total. The molecule has 6 N–H and O–H groups in total. The van der Waals surface area contributed by atoms with Crippen LogP contribution in [-0.2, 0) is 11.8 Å². The molecule has 174 valence electrons. The first-order valence-corrected chi connectivity index (χ1v) is 10.3. The highest BCUT2D eigenvalue weighted by molar-refractivity contribution is 5.99. The van der Waals surface area contributed by atoms with E-state index in [4.69, 9.17) is 15.6 Å². The number of carbonyl (C=O) groups excluding carboxylic acids is 1. The summed E-state index contributed by atoms with van der Waals surface area (Å²) in [4.78, 5) is 27.3. The molecular formula is C21H24FN7O4. The first-order valence-electron chi connectivity index (χ1n) is 10.3. The molecule has 1 aromatic carbocycles. The molecule has 0 spiro atoms. The minimum absolute atomic E-state index is 0.0714. The van der Waals surface area contributed by atoms with Crippen LogP contribution in [0.4, 0.5) is 26.5 Å². The van der Waals surface area contributed by atoms with Crippen molar-refractivity contribution < 1.29 is 23.8 Å². The second kappa shape index (κ2) is 8.90. The number of hydrogen-bond donors (Lipinski definition) is 5. The molecule has 1 aliphatic heterocycles. The van der Waals surface area contributed by atoms with Crippen LogP contribution in [0.15, 0.2) is 24.3 Å². The van der Waals surface area contributed by atoms with Gasteiger partial charge in [0.25, 0.3) is 5.91 Å². The van der Waals surface area contributed by atoms with Gasteiger partial charge >= 0.3 is 6.09 Å². The van der Waals surface area contributed by atoms with Crippen LogP contribution >= 0.6 is 0 Å². The number of halogens is 1. The Morgan fingerprint density at radius 2 is 2.06 bits per heavy atom. The van der Waals surface area contributed by atoms with E-state index in [2.05, 4.69) is 26.0 Å². The van der Waals surface area contributed by atoms with Gasteiger partial charge in [-0.25, -0.2) is 14.2 Å². The van der Waals surface area contributed by atoms with Crippen LogP contribution in [0.5, 0.6) is 0 Å². The maximum absolute atomic E-state index is 14.8. The van der Waals surface area contributed by atoms with E-state index in [0.717, 1.165) is 22.7 Å². The third kappa shape index (κ3) is 4.65. The first-order chi connectivity index (χ1) is 15.7. The van der Waals surface area contributed by atoms with Crippen molar-refractivity contribution in [3.8, 4) is 0 Å². The van der Waals surface area contributed by atoms with Crippen molar-refractivity contribution in [3.63, 3.8) is 0 Å². The van der Waals surface area contributed by atoms with Crippen molar-refractivity contribution in [2.75, 3.05) is 23.8 Å². The molecule has 0 unspecified atom stereocenters. The van der Waals surface area contributed by atoms with Crippen LogP contribution < -0.4 is 21.7 Å². The van der Waals surface area contributed by atoms with Crippen molar-refractivity contribution in [3.05, 3.63) is 41.3 Å². The Balaban J connectivity index is 1.66. The monoisotopic (exact) mass is 457 g/mol. The maximum atomic E-state index is 14.8. The van der Waals surface area contributed by atoms with Gasteiger partial charge < -0.3 is 31.5 Å². The summed E-state index contributed by atoms with van der Waals surface area (Å²) < 4.78 is 21.9. The van der Waals surface area contributed by atoms with E-state index in [1.54, 1.807) is 10.7 Å². The quantitative estimate of drug-likeness (QED) is 0.377. The van der Waals surface area contributed by atoms with E-state index in [1.807, 2.05) is 26.1 Å². The van der Waals surface area contributed by atoms with E-state index < -0.39 is 29.9 Å². The molecule has 0 aliphatic carbocycles. The van der Waals surface area contributed by atoms with Gasteiger partial charge in [0.1, 0.15) is 5.82 Å². The highest BCUT2D eigenvalue weighted by atomic mass is 19.1. The number of aryl methyl sites for hydroxylation is 2. The molecule has 2 amide bonds. The number of rotatable bonds is 6. The predicted octanol–water partition coefficient (Wildman–Crippen LogP) is 2.10. The molecule has 1 aliphatic rings. The molecule has 0 bridgehead atoms. The van der Waals surface area contributed by atoms with Gasteiger partial charge in [-0.1, -0.05) is 0 Å². The fourth-order valence-electron chi connectivity index (χ4n) is 3.92. The van der Waals surface area contributed by atoms with Gasteiger partial charge in [0.2, 0.25) is 0 Å².